The first-order valence-electron chi connectivity index (χ1n) is 3.90. The Kier molecular flexibility index (Phi) is 2.81. The summed E-state index contributed by atoms with van der Waals surface area (Å²) in [5, 5.41) is 8.69. The second-order valence-corrected chi connectivity index (χ2v) is 2.68. The van der Waals surface area contributed by atoms with E-state index in [9.17, 15) is 9.59 Å². The Morgan fingerprint density at radius 1 is 1.43 bits per heavy atom. The maximum atomic E-state index is 10.6. The van der Waals surface area contributed by atoms with E-state index in [4.69, 9.17) is 5.11 Å². The van der Waals surface area contributed by atoms with E-state index in [1.54, 1.807) is 0 Å². The van der Waals surface area contributed by atoms with Gasteiger partial charge in [0.1, 0.15) is 0 Å². The Balaban J connectivity index is 3.00. The van der Waals surface area contributed by atoms with Crippen molar-refractivity contribution in [3.8, 4) is 5.88 Å². The fraction of sp³-hybridized carbons (Fsp3) is 0.222. The third-order valence-corrected chi connectivity index (χ3v) is 1.54. The molecule has 1 rings (SSSR count). The highest BCUT2D eigenvalue weighted by atomic mass is 16.5. The van der Waals surface area contributed by atoms with Gasteiger partial charge < -0.3 is 9.84 Å². The molecule has 0 unspecified atom stereocenters. The third kappa shape index (κ3) is 2.29. The van der Waals surface area contributed by atoms with Gasteiger partial charge in [0.15, 0.2) is 0 Å². The summed E-state index contributed by atoms with van der Waals surface area (Å²) in [5.74, 6) is -1.43. The van der Waals surface area contributed by atoms with Gasteiger partial charge in [-0.05, 0) is 13.0 Å². The second-order valence-electron chi connectivity index (χ2n) is 2.68. The molecular formula is C9H9NO4. The van der Waals surface area contributed by atoms with Crippen molar-refractivity contribution in [3.05, 3.63) is 23.4 Å². The van der Waals surface area contributed by atoms with Gasteiger partial charge in [0, 0.05) is 13.0 Å². The summed E-state index contributed by atoms with van der Waals surface area (Å²) in [5.41, 5.74) is 0.414. The first kappa shape index (κ1) is 10.2. The zero-order chi connectivity index (χ0) is 10.7. The van der Waals surface area contributed by atoms with Crippen LogP contribution in [0.1, 0.15) is 23.0 Å². The van der Waals surface area contributed by atoms with E-state index >= 15 is 0 Å². The van der Waals surface area contributed by atoms with Gasteiger partial charge in [0.25, 0.3) is 0 Å². The van der Waals surface area contributed by atoms with Crippen molar-refractivity contribution in [1.29, 1.82) is 0 Å². The molecule has 0 saturated heterocycles. The van der Waals surface area contributed by atoms with Gasteiger partial charge in [-0.15, -0.1) is 0 Å². The number of rotatable bonds is 2. The standard InChI is InChI=1S/C9H9NO4/c1-5-7(9(12)13)3-4-8(10-5)14-6(2)11/h3-4H,1-2H3,(H,12,13). The van der Waals surface area contributed by atoms with Gasteiger partial charge in [-0.1, -0.05) is 0 Å². The van der Waals surface area contributed by atoms with Crippen LogP contribution < -0.4 is 4.74 Å². The van der Waals surface area contributed by atoms with Crippen molar-refractivity contribution >= 4 is 11.9 Å². The number of carboxylic acids is 1. The summed E-state index contributed by atoms with van der Waals surface area (Å²) >= 11 is 0. The lowest BCUT2D eigenvalue weighted by molar-refractivity contribution is -0.132. The maximum absolute atomic E-state index is 10.6. The first-order chi connectivity index (χ1) is 6.50. The maximum Gasteiger partial charge on any atom is 0.337 e. The molecule has 0 saturated carbocycles. The summed E-state index contributed by atoms with van der Waals surface area (Å²) in [4.78, 5) is 25.0. The Bertz CT molecular complexity index is 386. The predicted molar refractivity (Wildman–Crippen MR) is 47.2 cm³/mol. The van der Waals surface area contributed by atoms with Crippen molar-refractivity contribution in [2.75, 3.05) is 0 Å². The lowest BCUT2D eigenvalue weighted by atomic mass is 10.2. The number of carbonyl (C=O) groups is 2. The Morgan fingerprint density at radius 2 is 2.07 bits per heavy atom. The number of aromatic carboxylic acids is 1. The number of carboxylic acid groups (broad SMARTS) is 1. The van der Waals surface area contributed by atoms with E-state index in [-0.39, 0.29) is 11.4 Å². The molecule has 0 aliphatic carbocycles. The molecule has 0 aliphatic heterocycles. The normalized spacial score (nSPS) is 9.57. The molecule has 0 bridgehead atoms. The van der Waals surface area contributed by atoms with E-state index in [1.807, 2.05) is 0 Å². The molecule has 1 aromatic rings. The zero-order valence-electron chi connectivity index (χ0n) is 7.77. The van der Waals surface area contributed by atoms with Crippen LogP contribution in [-0.4, -0.2) is 22.0 Å². The van der Waals surface area contributed by atoms with E-state index in [0.29, 0.717) is 5.69 Å². The van der Waals surface area contributed by atoms with Gasteiger partial charge in [0.05, 0.1) is 11.3 Å². The number of carbonyl (C=O) groups excluding carboxylic acids is 1. The molecule has 5 heteroatoms. The van der Waals surface area contributed by atoms with Crippen LogP contribution >= 0.6 is 0 Å². The van der Waals surface area contributed by atoms with Gasteiger partial charge >= 0.3 is 11.9 Å². The first-order valence-corrected chi connectivity index (χ1v) is 3.90. The van der Waals surface area contributed by atoms with Gasteiger partial charge in [-0.3, -0.25) is 4.79 Å². The smallest absolute Gasteiger partial charge is 0.337 e. The lowest BCUT2D eigenvalue weighted by Crippen LogP contribution is -2.06. The minimum absolute atomic E-state index is 0.0981. The average molecular weight is 195 g/mol. The van der Waals surface area contributed by atoms with Crippen LogP contribution in [0.4, 0.5) is 0 Å². The van der Waals surface area contributed by atoms with E-state index in [1.165, 1.54) is 26.0 Å². The molecule has 0 spiro atoms. The topological polar surface area (TPSA) is 76.5 Å². The minimum atomic E-state index is -1.05. The molecule has 0 fully saturated rings. The zero-order valence-corrected chi connectivity index (χ0v) is 7.77. The highest BCUT2D eigenvalue weighted by Gasteiger charge is 2.09. The molecule has 14 heavy (non-hydrogen) atoms. The van der Waals surface area contributed by atoms with Crippen molar-refractivity contribution in [1.82, 2.24) is 4.98 Å². The molecule has 1 aromatic heterocycles. The van der Waals surface area contributed by atoms with Crippen molar-refractivity contribution < 1.29 is 19.4 Å². The van der Waals surface area contributed by atoms with Gasteiger partial charge in [-0.2, -0.15) is 0 Å². The molecule has 0 radical (unpaired) electrons. The van der Waals surface area contributed by atoms with Crippen molar-refractivity contribution in [2.24, 2.45) is 0 Å². The number of aromatic nitrogens is 1. The SMILES string of the molecule is CC(=O)Oc1ccc(C(=O)O)c(C)n1. The fourth-order valence-electron chi connectivity index (χ4n) is 0.968. The van der Waals surface area contributed by atoms with Crippen LogP contribution in [0.15, 0.2) is 12.1 Å². The number of esters is 1. The largest absolute Gasteiger partial charge is 0.478 e. The van der Waals surface area contributed by atoms with Crippen molar-refractivity contribution in [3.63, 3.8) is 0 Å². The number of hydrogen-bond donors (Lipinski definition) is 1. The van der Waals surface area contributed by atoms with Crippen LogP contribution in [0.2, 0.25) is 0 Å². The highest BCUT2D eigenvalue weighted by Crippen LogP contribution is 2.12. The molecular weight excluding hydrogens is 186 g/mol. The van der Waals surface area contributed by atoms with E-state index < -0.39 is 11.9 Å². The number of aryl methyl sites for hydroxylation is 1. The molecule has 0 aromatic carbocycles. The summed E-state index contributed by atoms with van der Waals surface area (Å²) in [6, 6.07) is 2.70. The monoisotopic (exact) mass is 195 g/mol. The number of ether oxygens (including phenoxy) is 1. The summed E-state index contributed by atoms with van der Waals surface area (Å²) in [6.07, 6.45) is 0. The highest BCUT2D eigenvalue weighted by molar-refractivity contribution is 5.88. The Labute approximate surface area is 80.3 Å². The number of nitrogens with zero attached hydrogens (tertiary/aromatic N) is 1. The summed E-state index contributed by atoms with van der Waals surface area (Å²) in [7, 11) is 0. The predicted octanol–water partition coefficient (Wildman–Crippen LogP) is 1.01. The van der Waals surface area contributed by atoms with Crippen LogP contribution in [0.3, 0.4) is 0 Å². The van der Waals surface area contributed by atoms with Gasteiger partial charge in [-0.25, -0.2) is 9.78 Å². The van der Waals surface area contributed by atoms with Crippen LogP contribution in [-0.2, 0) is 4.79 Å². The molecule has 1 heterocycles. The Hall–Kier alpha value is -1.91. The minimum Gasteiger partial charge on any atom is -0.478 e. The Morgan fingerprint density at radius 3 is 2.50 bits per heavy atom. The van der Waals surface area contributed by atoms with Crippen LogP contribution in [0.5, 0.6) is 5.88 Å². The van der Waals surface area contributed by atoms with Crippen LogP contribution in [0.25, 0.3) is 0 Å². The molecule has 74 valence electrons. The molecule has 0 amide bonds. The quantitative estimate of drug-likeness (QED) is 0.712. The van der Waals surface area contributed by atoms with E-state index in [0.717, 1.165) is 0 Å². The van der Waals surface area contributed by atoms with Crippen LogP contribution in [0, 0.1) is 6.92 Å². The number of hydrogen-bond acceptors (Lipinski definition) is 4. The fourth-order valence-corrected chi connectivity index (χ4v) is 0.968. The summed E-state index contributed by atoms with van der Waals surface area (Å²) < 4.78 is 4.69. The molecule has 1 N–H and O–H groups in total. The molecule has 0 aliphatic rings. The average Bonchev–Trinajstić information content (AvgIpc) is 2.01. The third-order valence-electron chi connectivity index (χ3n) is 1.54. The van der Waals surface area contributed by atoms with Gasteiger partial charge in [0.2, 0.25) is 5.88 Å². The number of pyridine rings is 1. The lowest BCUT2D eigenvalue weighted by Gasteiger charge is -2.03. The second kappa shape index (κ2) is 3.87. The van der Waals surface area contributed by atoms with Crippen molar-refractivity contribution in [2.45, 2.75) is 13.8 Å². The molecule has 0 atom stereocenters. The molecule has 5 nitrogen and oxygen atoms in total. The summed E-state index contributed by atoms with van der Waals surface area (Å²) in [6.45, 7) is 2.79. The van der Waals surface area contributed by atoms with E-state index in [2.05, 4.69) is 9.72 Å².